The molecule has 4 saturated heterocycles. The van der Waals surface area contributed by atoms with Crippen LogP contribution in [0.3, 0.4) is 0 Å². The number of rotatable bonds is 6. The Morgan fingerprint density at radius 2 is 1.62 bits per heavy atom. The zero-order valence-corrected chi connectivity index (χ0v) is 32.1. The van der Waals surface area contributed by atoms with E-state index in [4.69, 9.17) is 28.4 Å². The molecule has 4 aliphatic heterocycles. The summed E-state index contributed by atoms with van der Waals surface area (Å²) in [7, 11) is 0. The summed E-state index contributed by atoms with van der Waals surface area (Å²) in [5.41, 5.74) is 0.0110. The Labute approximate surface area is 308 Å². The molecule has 12 nitrogen and oxygen atoms in total. The fourth-order valence-electron chi connectivity index (χ4n) is 14.1. The molecule has 0 aromatic rings. The van der Waals surface area contributed by atoms with Crippen LogP contribution in [0.1, 0.15) is 99.8 Å². The molecule has 0 unspecified atom stereocenters. The van der Waals surface area contributed by atoms with Gasteiger partial charge >= 0.3 is 0 Å². The van der Waals surface area contributed by atoms with Gasteiger partial charge in [0.1, 0.15) is 36.6 Å². The van der Waals surface area contributed by atoms with Gasteiger partial charge in [0.05, 0.1) is 37.6 Å². The van der Waals surface area contributed by atoms with E-state index >= 15 is 0 Å². The lowest BCUT2D eigenvalue weighted by molar-refractivity contribution is -0.346. The lowest BCUT2D eigenvalue weighted by atomic mass is 9.35. The molecule has 8 aliphatic rings. The third-order valence-electron chi connectivity index (χ3n) is 16.3. The van der Waals surface area contributed by atoms with E-state index in [-0.39, 0.29) is 46.4 Å². The van der Waals surface area contributed by atoms with E-state index in [0.29, 0.717) is 30.8 Å². The van der Waals surface area contributed by atoms with Crippen molar-refractivity contribution in [3.8, 4) is 0 Å². The molecule has 0 radical (unpaired) electrons. The van der Waals surface area contributed by atoms with Crippen molar-refractivity contribution < 1.29 is 59.1 Å². The molecule has 4 heterocycles. The number of hydrogen-bond donors (Lipinski definition) is 6. The molecule has 12 heteroatoms. The van der Waals surface area contributed by atoms with Crippen LogP contribution in [-0.4, -0.2) is 123 Å². The van der Waals surface area contributed by atoms with E-state index in [2.05, 4.69) is 47.6 Å². The van der Waals surface area contributed by atoms with E-state index in [1.807, 2.05) is 6.92 Å². The highest BCUT2D eigenvalue weighted by Gasteiger charge is 2.80. The molecule has 4 saturated carbocycles. The van der Waals surface area contributed by atoms with Gasteiger partial charge in [-0.15, -0.1) is 0 Å². The second kappa shape index (κ2) is 12.6. The number of allylic oxidation sites excluding steroid dienone is 1. The molecule has 2 spiro atoms. The summed E-state index contributed by atoms with van der Waals surface area (Å²) >= 11 is 0. The van der Waals surface area contributed by atoms with E-state index in [1.165, 1.54) is 5.57 Å². The van der Waals surface area contributed by atoms with Gasteiger partial charge in [-0.05, 0) is 93.3 Å². The van der Waals surface area contributed by atoms with Crippen molar-refractivity contribution in [2.45, 2.75) is 173 Å². The monoisotopic (exact) mass is 736 g/mol. The fourth-order valence-corrected chi connectivity index (χ4v) is 14.1. The van der Waals surface area contributed by atoms with Gasteiger partial charge in [-0.25, -0.2) is 0 Å². The van der Waals surface area contributed by atoms with Crippen LogP contribution in [0.5, 0.6) is 0 Å². The van der Waals surface area contributed by atoms with E-state index in [9.17, 15) is 30.6 Å². The van der Waals surface area contributed by atoms with Crippen LogP contribution in [0.15, 0.2) is 11.6 Å². The molecule has 8 fully saturated rings. The van der Waals surface area contributed by atoms with Crippen molar-refractivity contribution in [3.05, 3.63) is 11.6 Å². The lowest BCUT2D eigenvalue weighted by Gasteiger charge is -2.70. The standard InChI is InChI=1S/C40H64O12/c1-20(2)14-21-15-38(7,46)32-22-8-9-26-36(5)12-11-27(35(3,4)25(36)10-13-37(26,6)39(22)18-40(32,52-21)48-19-39)50-34-31(28(43)23(42)17-47-34)51-33-30(45)29(44)24(16-41)49-33/h14,21-34,41-46H,8-13,15-19H2,1-7H3/t21-,22-,23-,24+,25+,26+,27-,28-,29+,30-,31+,32-,33+,34-,36-,37+,38-,39-,40-/m0/s1. The molecule has 0 aromatic carbocycles. The average Bonchev–Trinajstić information content (AvgIpc) is 3.67. The maximum Gasteiger partial charge on any atom is 0.187 e. The summed E-state index contributed by atoms with van der Waals surface area (Å²) < 4.78 is 38.0. The van der Waals surface area contributed by atoms with Crippen molar-refractivity contribution in [3.63, 3.8) is 0 Å². The van der Waals surface area contributed by atoms with Crippen LogP contribution in [0, 0.1) is 45.3 Å². The van der Waals surface area contributed by atoms with Crippen LogP contribution < -0.4 is 0 Å². The topological polar surface area (TPSA) is 177 Å². The highest BCUT2D eigenvalue weighted by atomic mass is 16.8. The Bertz CT molecular complexity index is 1400. The third-order valence-corrected chi connectivity index (χ3v) is 16.3. The smallest absolute Gasteiger partial charge is 0.187 e. The summed E-state index contributed by atoms with van der Waals surface area (Å²) in [5.74, 6) is 0.337. The second-order valence-corrected chi connectivity index (χ2v) is 19.7. The Morgan fingerprint density at radius 1 is 0.865 bits per heavy atom. The molecule has 0 amide bonds. The molecule has 2 bridgehead atoms. The van der Waals surface area contributed by atoms with Crippen LogP contribution in [0.2, 0.25) is 0 Å². The first-order valence-corrected chi connectivity index (χ1v) is 19.9. The zero-order valence-electron chi connectivity index (χ0n) is 32.1. The Kier molecular flexibility index (Phi) is 9.27. The zero-order chi connectivity index (χ0) is 37.4. The predicted octanol–water partition coefficient (Wildman–Crippen LogP) is 2.78. The van der Waals surface area contributed by atoms with Crippen LogP contribution >= 0.6 is 0 Å². The normalized spacial score (nSPS) is 57.8. The van der Waals surface area contributed by atoms with Crippen LogP contribution in [-0.2, 0) is 28.4 Å². The van der Waals surface area contributed by atoms with Gasteiger partial charge in [0, 0.05) is 24.2 Å². The molecule has 8 rings (SSSR count). The minimum absolute atomic E-state index is 0.0159. The second-order valence-electron chi connectivity index (χ2n) is 19.7. The van der Waals surface area contributed by atoms with Gasteiger partial charge in [0.2, 0.25) is 0 Å². The minimum Gasteiger partial charge on any atom is -0.394 e. The van der Waals surface area contributed by atoms with Gasteiger partial charge in [0.25, 0.3) is 0 Å². The summed E-state index contributed by atoms with van der Waals surface area (Å²) in [5, 5.41) is 64.1. The van der Waals surface area contributed by atoms with Gasteiger partial charge in [0.15, 0.2) is 18.4 Å². The number of aliphatic hydroxyl groups is 6. The molecule has 296 valence electrons. The minimum atomic E-state index is -1.46. The average molecular weight is 737 g/mol. The summed E-state index contributed by atoms with van der Waals surface area (Å²) in [6, 6.07) is 0. The largest absolute Gasteiger partial charge is 0.394 e. The maximum atomic E-state index is 12.1. The molecule has 52 heavy (non-hydrogen) atoms. The van der Waals surface area contributed by atoms with Gasteiger partial charge in [-0.1, -0.05) is 39.3 Å². The summed E-state index contributed by atoms with van der Waals surface area (Å²) in [6.07, 6.45) is -0.930. The molecule has 6 N–H and O–H groups in total. The fraction of sp³-hybridized carbons (Fsp3) is 0.950. The number of fused-ring (bicyclic) bond motifs is 4. The van der Waals surface area contributed by atoms with Crippen LogP contribution in [0.25, 0.3) is 0 Å². The quantitative estimate of drug-likeness (QED) is 0.174. The van der Waals surface area contributed by atoms with Crippen molar-refractivity contribution >= 4 is 0 Å². The number of hydrogen-bond acceptors (Lipinski definition) is 12. The van der Waals surface area contributed by atoms with E-state index in [0.717, 1.165) is 44.9 Å². The number of aliphatic hydroxyl groups excluding tert-OH is 5. The Morgan fingerprint density at radius 3 is 2.31 bits per heavy atom. The van der Waals surface area contributed by atoms with Crippen molar-refractivity contribution in [1.82, 2.24) is 0 Å². The number of ether oxygens (including phenoxy) is 6. The van der Waals surface area contributed by atoms with Crippen LogP contribution in [0.4, 0.5) is 0 Å². The predicted molar refractivity (Wildman–Crippen MR) is 186 cm³/mol. The first kappa shape index (κ1) is 38.1. The van der Waals surface area contributed by atoms with Crippen molar-refractivity contribution in [2.75, 3.05) is 19.8 Å². The lowest BCUT2D eigenvalue weighted by Crippen LogP contribution is -2.67. The SMILES string of the molecule is CC(C)=C[C@H]1C[C@](C)(O)[C@@H]2[C@@H]3CC[C@@H]4[C@@]5(C)CC[C@H](O[C@@H]6OC[C@H](O)[C@H](O)[C@H]6O[C@H]6O[C@H](CO)[C@@H](O)[C@@H]6O)C(C)(C)[C@H]5CC[C@@]4(C)[C@@]34CO[C@@]2(C4)O1. The maximum absolute atomic E-state index is 12.1. The molecular weight excluding hydrogens is 672 g/mol. The highest BCUT2D eigenvalue weighted by molar-refractivity contribution is 5.26. The van der Waals surface area contributed by atoms with Gasteiger partial charge in [-0.2, -0.15) is 0 Å². The molecule has 4 aliphatic carbocycles. The highest BCUT2D eigenvalue weighted by Crippen LogP contribution is 2.80. The van der Waals surface area contributed by atoms with E-state index < -0.39 is 67.2 Å². The third kappa shape index (κ3) is 5.29. The first-order chi connectivity index (χ1) is 24.3. The Balaban J connectivity index is 1.03. The summed E-state index contributed by atoms with van der Waals surface area (Å²) in [6.45, 7) is 15.8. The van der Waals surface area contributed by atoms with E-state index in [1.54, 1.807) is 0 Å². The summed E-state index contributed by atoms with van der Waals surface area (Å²) in [4.78, 5) is 0. The van der Waals surface area contributed by atoms with Gasteiger partial charge in [-0.3, -0.25) is 0 Å². The Hall–Kier alpha value is -0.740. The molecule has 19 atom stereocenters. The van der Waals surface area contributed by atoms with Crippen molar-refractivity contribution in [2.24, 2.45) is 45.3 Å². The molecule has 0 aromatic heterocycles. The molecular formula is C40H64O12. The van der Waals surface area contributed by atoms with Gasteiger partial charge < -0.3 is 59.1 Å². The first-order valence-electron chi connectivity index (χ1n) is 19.9. The van der Waals surface area contributed by atoms with Crippen molar-refractivity contribution in [1.29, 1.82) is 0 Å².